The van der Waals surface area contributed by atoms with E-state index in [1.807, 2.05) is 13.8 Å². The molecule has 1 amide bonds. The number of thiol groups is 1. The molecule has 6 atom stereocenters. The quantitative estimate of drug-likeness (QED) is 0.0630. The first kappa shape index (κ1) is 59.5. The number of primary amides is 1. The van der Waals surface area contributed by atoms with Gasteiger partial charge in [-0.1, -0.05) is 27.7 Å². The molecular weight excluding hydrogens is 726 g/mol. The summed E-state index contributed by atoms with van der Waals surface area (Å²) in [6.07, 6.45) is -0.516. The number of hydrogen-bond acceptors (Lipinski definition) is 16. The minimum absolute atomic E-state index is 0.0208. The Hall–Kier alpha value is -4.66. The standard InChI is InChI=1S/C6H13NO2.C5H9NO4.C5H11NO2.C4H8N2O3.C4H7NO4.C3H7NO2S/c1-4(2)3-5(7)6(8)9;6-3(5(9)10)1-2-4(7)8;1-3(2)4(6)5(7)8;2*5-2(4(8)9)1-3(6)7;4-2(1-7)3(5)6/h4-5H,3,7H2,1-2H3,(H,8,9);3H,1-2,6H2,(H,7,8)(H,9,10);3-4H,6H2,1-2H3,(H,7,8);2H,1,5H2,(H2,6,7)(H,8,9);2H,1,5H2,(H,6,7)(H,8,9);2,7H,1,4H2,(H,5,6). The molecule has 306 valence electrons. The van der Waals surface area contributed by atoms with Crippen molar-refractivity contribution < 1.29 is 84.0 Å². The van der Waals surface area contributed by atoms with E-state index in [-0.39, 0.29) is 30.9 Å². The highest BCUT2D eigenvalue weighted by Gasteiger charge is 2.16. The fraction of sp³-hybridized carbons (Fsp3) is 0.667. The average molecular weight is 782 g/mol. The Morgan fingerprint density at radius 1 is 0.500 bits per heavy atom. The van der Waals surface area contributed by atoms with Crippen LogP contribution < -0.4 is 40.1 Å². The summed E-state index contributed by atoms with van der Waals surface area (Å²) >= 11 is 3.65. The van der Waals surface area contributed by atoms with Gasteiger partial charge in [0.15, 0.2) is 0 Å². The largest absolute Gasteiger partial charge is 0.481 e. The van der Waals surface area contributed by atoms with Crippen LogP contribution in [0.25, 0.3) is 0 Å². The second-order valence-corrected chi connectivity index (χ2v) is 11.2. The van der Waals surface area contributed by atoms with Crippen molar-refractivity contribution in [2.24, 2.45) is 52.0 Å². The van der Waals surface area contributed by atoms with Gasteiger partial charge in [0, 0.05) is 12.2 Å². The van der Waals surface area contributed by atoms with Crippen LogP contribution in [0.4, 0.5) is 0 Å². The van der Waals surface area contributed by atoms with Crippen molar-refractivity contribution >= 4 is 66.3 Å². The topological polar surface area (TPSA) is 498 Å². The van der Waals surface area contributed by atoms with Crippen molar-refractivity contribution in [1.82, 2.24) is 0 Å². The third-order valence-corrected chi connectivity index (χ3v) is 5.39. The molecule has 0 radical (unpaired) electrons. The molecule has 52 heavy (non-hydrogen) atoms. The van der Waals surface area contributed by atoms with Gasteiger partial charge in [-0.05, 0) is 24.7 Å². The van der Waals surface area contributed by atoms with E-state index in [4.69, 9.17) is 75.3 Å². The zero-order valence-corrected chi connectivity index (χ0v) is 30.0. The predicted molar refractivity (Wildman–Crippen MR) is 185 cm³/mol. The lowest BCUT2D eigenvalue weighted by Gasteiger charge is -2.07. The maximum absolute atomic E-state index is 10.1. The van der Waals surface area contributed by atoms with Gasteiger partial charge in [-0.3, -0.25) is 43.2 Å². The molecule has 0 saturated heterocycles. The molecule has 0 aliphatic rings. The number of hydrogen-bond donors (Lipinski definition) is 16. The van der Waals surface area contributed by atoms with Crippen LogP contribution in [0.1, 0.15) is 59.8 Å². The van der Waals surface area contributed by atoms with E-state index in [2.05, 4.69) is 18.4 Å². The molecule has 6 unspecified atom stereocenters. The Kier molecular flexibility index (Phi) is 39.8. The predicted octanol–water partition coefficient (Wildman–Crippen LogP) is -3.76. The zero-order valence-electron chi connectivity index (χ0n) is 29.1. The van der Waals surface area contributed by atoms with E-state index >= 15 is 0 Å². The first-order valence-corrected chi connectivity index (χ1v) is 15.2. The molecule has 0 aromatic rings. The summed E-state index contributed by atoms with van der Waals surface area (Å²) in [5, 5.41) is 64.9. The molecule has 0 spiro atoms. The molecule has 0 aliphatic carbocycles. The highest BCUT2D eigenvalue weighted by molar-refractivity contribution is 7.80. The van der Waals surface area contributed by atoms with Crippen LogP contribution >= 0.6 is 12.6 Å². The van der Waals surface area contributed by atoms with E-state index in [0.29, 0.717) is 12.3 Å². The lowest BCUT2D eigenvalue weighted by Crippen LogP contribution is -2.34. The Balaban J connectivity index is -0.000000122. The van der Waals surface area contributed by atoms with Crippen LogP contribution in [0.15, 0.2) is 0 Å². The first-order valence-electron chi connectivity index (χ1n) is 14.6. The van der Waals surface area contributed by atoms with Crippen molar-refractivity contribution in [3.63, 3.8) is 0 Å². The lowest BCUT2D eigenvalue weighted by molar-refractivity contribution is -0.144. The number of aliphatic carboxylic acids is 8. The molecular formula is C27H55N7O17S. The summed E-state index contributed by atoms with van der Waals surface area (Å²) in [4.78, 5) is 89.3. The number of nitrogens with two attached hydrogens (primary N) is 7. The van der Waals surface area contributed by atoms with E-state index in [1.165, 1.54) is 0 Å². The summed E-state index contributed by atoms with van der Waals surface area (Å²) in [6.45, 7) is 7.45. The molecule has 0 rings (SSSR count). The van der Waals surface area contributed by atoms with Gasteiger partial charge in [-0.15, -0.1) is 0 Å². The van der Waals surface area contributed by atoms with Crippen molar-refractivity contribution in [2.45, 2.75) is 96.1 Å². The summed E-state index contributed by atoms with van der Waals surface area (Å²) in [7, 11) is 0. The van der Waals surface area contributed by atoms with E-state index in [9.17, 15) is 43.2 Å². The maximum Gasteiger partial charge on any atom is 0.321 e. The fourth-order valence-corrected chi connectivity index (χ4v) is 2.11. The smallest absolute Gasteiger partial charge is 0.321 e. The van der Waals surface area contributed by atoms with Gasteiger partial charge < -0.3 is 81.0 Å². The number of amides is 1. The molecule has 0 fully saturated rings. The number of carboxylic acids is 8. The van der Waals surface area contributed by atoms with Gasteiger partial charge in [0.1, 0.15) is 36.3 Å². The second kappa shape index (κ2) is 34.8. The van der Waals surface area contributed by atoms with Crippen LogP contribution in [0.5, 0.6) is 0 Å². The SMILES string of the molecule is CC(C)C(N)C(=O)O.CC(C)CC(N)C(=O)O.NC(=O)CC(N)C(=O)O.NC(CC(=O)O)C(=O)O.NC(CCC(=O)O)C(=O)O.NC(CS)C(=O)O. The lowest BCUT2D eigenvalue weighted by atomic mass is 10.1. The maximum atomic E-state index is 10.1. The monoisotopic (exact) mass is 781 g/mol. The third kappa shape index (κ3) is 49.7. The van der Waals surface area contributed by atoms with Crippen molar-refractivity contribution in [3.05, 3.63) is 0 Å². The van der Waals surface area contributed by atoms with Crippen LogP contribution in [-0.4, -0.2) is 137 Å². The number of rotatable bonds is 17. The normalized spacial score (nSPS) is 13.1. The summed E-state index contributed by atoms with van der Waals surface area (Å²) in [6, 6.07) is -5.73. The molecule has 0 aromatic heterocycles. The van der Waals surface area contributed by atoms with Crippen LogP contribution in [0.3, 0.4) is 0 Å². The molecule has 0 aromatic carbocycles. The molecule has 0 heterocycles. The van der Waals surface area contributed by atoms with Crippen LogP contribution in [0, 0.1) is 11.8 Å². The molecule has 25 heteroatoms. The van der Waals surface area contributed by atoms with Crippen molar-refractivity contribution in [2.75, 3.05) is 5.75 Å². The molecule has 24 nitrogen and oxygen atoms in total. The van der Waals surface area contributed by atoms with Gasteiger partial charge in [0.25, 0.3) is 0 Å². The highest BCUT2D eigenvalue weighted by atomic mass is 32.1. The molecule has 22 N–H and O–H groups in total. The van der Waals surface area contributed by atoms with Crippen molar-refractivity contribution in [3.8, 4) is 0 Å². The van der Waals surface area contributed by atoms with Gasteiger partial charge in [0.2, 0.25) is 5.91 Å². The van der Waals surface area contributed by atoms with E-state index < -0.39 is 96.3 Å². The van der Waals surface area contributed by atoms with Gasteiger partial charge in [-0.2, -0.15) is 12.6 Å². The molecule has 0 aliphatic heterocycles. The first-order chi connectivity index (χ1) is 23.4. The average Bonchev–Trinajstić information content (AvgIpc) is 2.99. The molecule has 0 bridgehead atoms. The Morgan fingerprint density at radius 3 is 0.962 bits per heavy atom. The zero-order chi connectivity index (χ0) is 43.1. The number of carbonyl (C=O) groups excluding carboxylic acids is 1. The highest BCUT2D eigenvalue weighted by Crippen LogP contribution is 2.01. The van der Waals surface area contributed by atoms with Gasteiger partial charge in [0.05, 0.1) is 12.8 Å². The summed E-state index contributed by atoms with van der Waals surface area (Å²) in [5.74, 6) is -8.89. The minimum atomic E-state index is -1.29. The van der Waals surface area contributed by atoms with E-state index in [0.717, 1.165) is 0 Å². The molecule has 0 saturated carbocycles. The number of carboxylic acid groups (broad SMARTS) is 8. The van der Waals surface area contributed by atoms with Crippen molar-refractivity contribution in [1.29, 1.82) is 0 Å². The van der Waals surface area contributed by atoms with Gasteiger partial charge in [-0.25, -0.2) is 0 Å². The fourth-order valence-electron chi connectivity index (χ4n) is 1.95. The Bertz CT molecular complexity index is 1080. The summed E-state index contributed by atoms with van der Waals surface area (Å²) in [5.41, 5.74) is 34.7. The number of carbonyl (C=O) groups is 9. The summed E-state index contributed by atoms with van der Waals surface area (Å²) < 4.78 is 0. The van der Waals surface area contributed by atoms with Gasteiger partial charge >= 0.3 is 47.8 Å². The Labute approximate surface area is 304 Å². The minimum Gasteiger partial charge on any atom is -0.481 e. The van der Waals surface area contributed by atoms with Crippen LogP contribution in [0.2, 0.25) is 0 Å². The van der Waals surface area contributed by atoms with Crippen LogP contribution in [-0.2, 0) is 43.2 Å². The second-order valence-electron chi connectivity index (χ2n) is 10.8. The third-order valence-electron chi connectivity index (χ3n) is 5.00. The van der Waals surface area contributed by atoms with E-state index in [1.54, 1.807) is 13.8 Å². The Morgan fingerprint density at radius 2 is 0.846 bits per heavy atom.